The number of hydrogen-bond acceptors (Lipinski definition) is 6. The average molecular weight is 328 g/mol. The van der Waals surface area contributed by atoms with E-state index in [-0.39, 0.29) is 12.4 Å². The van der Waals surface area contributed by atoms with Crippen molar-refractivity contribution >= 4 is 18.1 Å². The minimum Gasteiger partial charge on any atom is -0.493 e. The molecule has 7 heteroatoms. The van der Waals surface area contributed by atoms with Crippen LogP contribution in [0.3, 0.4) is 0 Å². The van der Waals surface area contributed by atoms with Crippen LogP contribution in [-0.4, -0.2) is 51.5 Å². The number of hydrogen-bond donors (Lipinski definition) is 1. The van der Waals surface area contributed by atoms with Crippen LogP contribution < -0.4 is 15.2 Å². The molecule has 0 saturated carbocycles. The Balaban J connectivity index is 0.00000242. The summed E-state index contributed by atoms with van der Waals surface area (Å²) in [5.41, 5.74) is 6.55. The first-order valence-corrected chi connectivity index (χ1v) is 7.05. The van der Waals surface area contributed by atoms with Gasteiger partial charge in [-0.3, -0.25) is 4.90 Å². The molecule has 0 aliphatic carbocycles. The smallest absolute Gasteiger partial charge is 0.162 e. The van der Waals surface area contributed by atoms with Crippen molar-refractivity contribution in [3.8, 4) is 17.6 Å². The van der Waals surface area contributed by atoms with Gasteiger partial charge in [-0.15, -0.1) is 12.4 Å². The lowest BCUT2D eigenvalue weighted by Gasteiger charge is -2.26. The molecule has 1 aliphatic rings. The molecule has 6 nitrogen and oxygen atoms in total. The van der Waals surface area contributed by atoms with Gasteiger partial charge in [-0.2, -0.15) is 5.26 Å². The highest BCUT2D eigenvalue weighted by Gasteiger charge is 2.11. The first kappa shape index (κ1) is 18.4. The molecule has 0 bridgehead atoms. The summed E-state index contributed by atoms with van der Waals surface area (Å²) in [6.45, 7) is 5.11. The van der Waals surface area contributed by atoms with E-state index < -0.39 is 0 Å². The van der Waals surface area contributed by atoms with Gasteiger partial charge in [-0.25, -0.2) is 0 Å². The van der Waals surface area contributed by atoms with E-state index in [1.165, 1.54) is 0 Å². The average Bonchev–Trinajstić information content (AvgIpc) is 2.53. The Hall–Kier alpha value is -1.68. The maximum Gasteiger partial charge on any atom is 0.162 e. The van der Waals surface area contributed by atoms with Crippen molar-refractivity contribution < 1.29 is 14.2 Å². The molecule has 0 aromatic heterocycles. The fourth-order valence-electron chi connectivity index (χ4n) is 2.24. The van der Waals surface area contributed by atoms with E-state index >= 15 is 0 Å². The van der Waals surface area contributed by atoms with Crippen molar-refractivity contribution in [1.29, 1.82) is 5.26 Å². The van der Waals surface area contributed by atoms with Crippen molar-refractivity contribution in [2.75, 3.05) is 52.3 Å². The van der Waals surface area contributed by atoms with E-state index in [0.29, 0.717) is 29.4 Å². The molecule has 1 aromatic carbocycles. The Bertz CT molecular complexity index is 513. The number of nitrogen functional groups attached to an aromatic ring is 1. The van der Waals surface area contributed by atoms with Gasteiger partial charge >= 0.3 is 0 Å². The molecular formula is C15H22ClN3O3. The zero-order valence-electron chi connectivity index (χ0n) is 12.7. The van der Waals surface area contributed by atoms with E-state index in [0.717, 1.165) is 39.3 Å². The summed E-state index contributed by atoms with van der Waals surface area (Å²) >= 11 is 0. The lowest BCUT2D eigenvalue weighted by molar-refractivity contribution is 0.0357. The van der Waals surface area contributed by atoms with E-state index in [2.05, 4.69) is 4.90 Å². The van der Waals surface area contributed by atoms with Crippen LogP contribution >= 0.6 is 12.4 Å². The summed E-state index contributed by atoms with van der Waals surface area (Å²) in [4.78, 5) is 2.35. The number of anilines is 1. The molecule has 0 amide bonds. The molecule has 1 saturated heterocycles. The standard InChI is InChI=1S/C15H21N3O3.ClH/c1-19-14-10-13(17)12(11-16)9-15(14)21-6-2-3-18-4-7-20-8-5-18;/h9-10H,2-8,17H2,1H3;1H. The van der Waals surface area contributed by atoms with Crippen LogP contribution in [0.1, 0.15) is 12.0 Å². The Morgan fingerprint density at radius 2 is 2.05 bits per heavy atom. The largest absolute Gasteiger partial charge is 0.493 e. The third-order valence-corrected chi connectivity index (χ3v) is 3.44. The summed E-state index contributed by atoms with van der Waals surface area (Å²) < 4.78 is 16.3. The van der Waals surface area contributed by atoms with Gasteiger partial charge in [0.05, 0.1) is 38.2 Å². The summed E-state index contributed by atoms with van der Waals surface area (Å²) in [7, 11) is 1.56. The van der Waals surface area contributed by atoms with Crippen LogP contribution in [0.2, 0.25) is 0 Å². The molecule has 1 aliphatic heterocycles. The van der Waals surface area contributed by atoms with Crippen LogP contribution in [0.5, 0.6) is 11.5 Å². The van der Waals surface area contributed by atoms with Gasteiger partial charge in [0.25, 0.3) is 0 Å². The molecule has 1 heterocycles. The van der Waals surface area contributed by atoms with E-state index in [1.54, 1.807) is 19.2 Å². The third-order valence-electron chi connectivity index (χ3n) is 3.44. The quantitative estimate of drug-likeness (QED) is 0.632. The minimum atomic E-state index is 0. The predicted octanol–water partition coefficient (Wildman–Crippen LogP) is 1.67. The van der Waals surface area contributed by atoms with Gasteiger partial charge in [0.15, 0.2) is 11.5 Å². The number of nitriles is 1. The van der Waals surface area contributed by atoms with Crippen molar-refractivity contribution in [3.63, 3.8) is 0 Å². The number of halogens is 1. The van der Waals surface area contributed by atoms with Gasteiger partial charge in [0, 0.05) is 31.8 Å². The van der Waals surface area contributed by atoms with E-state index in [1.807, 2.05) is 6.07 Å². The van der Waals surface area contributed by atoms with Gasteiger partial charge in [-0.05, 0) is 6.42 Å². The highest BCUT2D eigenvalue weighted by Crippen LogP contribution is 2.31. The molecule has 22 heavy (non-hydrogen) atoms. The first-order chi connectivity index (χ1) is 10.2. The molecule has 0 radical (unpaired) electrons. The number of methoxy groups -OCH3 is 1. The molecule has 2 rings (SSSR count). The SMILES string of the molecule is COc1cc(N)c(C#N)cc1OCCCN1CCOCC1.Cl. The molecule has 0 spiro atoms. The fraction of sp³-hybridized carbons (Fsp3) is 0.533. The Morgan fingerprint density at radius 3 is 2.68 bits per heavy atom. The fourth-order valence-corrected chi connectivity index (χ4v) is 2.24. The highest BCUT2D eigenvalue weighted by atomic mass is 35.5. The molecule has 0 unspecified atom stereocenters. The highest BCUT2D eigenvalue weighted by molar-refractivity contribution is 5.85. The van der Waals surface area contributed by atoms with Crippen LogP contribution in [-0.2, 0) is 4.74 Å². The number of nitrogens with two attached hydrogens (primary N) is 1. The molecule has 0 atom stereocenters. The van der Waals surface area contributed by atoms with Gasteiger partial charge in [0.2, 0.25) is 0 Å². The van der Waals surface area contributed by atoms with Crippen LogP contribution in [0.25, 0.3) is 0 Å². The van der Waals surface area contributed by atoms with Crippen LogP contribution in [0.15, 0.2) is 12.1 Å². The molecule has 1 fully saturated rings. The zero-order chi connectivity index (χ0) is 15.1. The van der Waals surface area contributed by atoms with Crippen molar-refractivity contribution in [2.45, 2.75) is 6.42 Å². The number of benzene rings is 1. The number of nitrogens with zero attached hydrogens (tertiary/aromatic N) is 2. The summed E-state index contributed by atoms with van der Waals surface area (Å²) in [5.74, 6) is 1.11. The van der Waals surface area contributed by atoms with Gasteiger partial charge < -0.3 is 19.9 Å². The second-order valence-corrected chi connectivity index (χ2v) is 4.86. The molecule has 1 aromatic rings. The van der Waals surface area contributed by atoms with Gasteiger partial charge in [-0.1, -0.05) is 0 Å². The Labute approximate surface area is 137 Å². The third kappa shape index (κ3) is 4.95. The van der Waals surface area contributed by atoms with E-state index in [9.17, 15) is 0 Å². The second-order valence-electron chi connectivity index (χ2n) is 4.86. The van der Waals surface area contributed by atoms with Crippen molar-refractivity contribution in [2.24, 2.45) is 0 Å². The molecule has 2 N–H and O–H groups in total. The second kappa shape index (κ2) is 9.36. The first-order valence-electron chi connectivity index (χ1n) is 7.05. The monoisotopic (exact) mass is 327 g/mol. The number of rotatable bonds is 6. The molecular weight excluding hydrogens is 306 g/mol. The Kier molecular flexibility index (Phi) is 7.82. The zero-order valence-corrected chi connectivity index (χ0v) is 13.5. The summed E-state index contributed by atoms with van der Waals surface area (Å²) in [5, 5.41) is 9.00. The van der Waals surface area contributed by atoms with Crippen LogP contribution in [0, 0.1) is 11.3 Å². The normalized spacial score (nSPS) is 14.7. The van der Waals surface area contributed by atoms with Crippen molar-refractivity contribution in [3.05, 3.63) is 17.7 Å². The van der Waals surface area contributed by atoms with Crippen LogP contribution in [0.4, 0.5) is 5.69 Å². The maximum absolute atomic E-state index is 9.00. The molecule has 122 valence electrons. The summed E-state index contributed by atoms with van der Waals surface area (Å²) in [6, 6.07) is 5.30. The minimum absolute atomic E-state index is 0. The summed E-state index contributed by atoms with van der Waals surface area (Å²) in [6.07, 6.45) is 0.912. The van der Waals surface area contributed by atoms with Gasteiger partial charge in [0.1, 0.15) is 6.07 Å². The Morgan fingerprint density at radius 1 is 1.32 bits per heavy atom. The maximum atomic E-state index is 9.00. The number of ether oxygens (including phenoxy) is 3. The lowest BCUT2D eigenvalue weighted by Crippen LogP contribution is -2.37. The predicted molar refractivity (Wildman–Crippen MR) is 86.7 cm³/mol. The topological polar surface area (TPSA) is 80.7 Å². The number of morpholine rings is 1. The van der Waals surface area contributed by atoms with E-state index in [4.69, 9.17) is 25.2 Å². The lowest BCUT2D eigenvalue weighted by atomic mass is 10.2. The van der Waals surface area contributed by atoms with Crippen molar-refractivity contribution in [1.82, 2.24) is 4.90 Å².